The highest BCUT2D eigenvalue weighted by Gasteiger charge is 2.31. The summed E-state index contributed by atoms with van der Waals surface area (Å²) in [5.74, 6) is 4.60. The Bertz CT molecular complexity index is 587. The van der Waals surface area contributed by atoms with Gasteiger partial charge >= 0.3 is 0 Å². The molecule has 0 amide bonds. The van der Waals surface area contributed by atoms with E-state index < -0.39 is 5.60 Å². The van der Waals surface area contributed by atoms with Crippen LogP contribution in [0.15, 0.2) is 4.99 Å². The number of fused-ring (bicyclic) bond motifs is 1. The van der Waals surface area contributed by atoms with Crippen LogP contribution in [0.5, 0.6) is 0 Å². The Labute approximate surface area is 170 Å². The van der Waals surface area contributed by atoms with Crippen LogP contribution in [0.25, 0.3) is 0 Å². The van der Waals surface area contributed by atoms with E-state index in [-0.39, 0.29) is 30.0 Å². The SMILES string of the molecule is CCNC(=NCC1(O)CCSC1)NC1CCc2nc(CC)nn2C1.I. The van der Waals surface area contributed by atoms with Crippen LogP contribution < -0.4 is 10.6 Å². The number of thioether (sulfide) groups is 1. The Morgan fingerprint density at radius 1 is 1.48 bits per heavy atom. The van der Waals surface area contributed by atoms with Gasteiger partial charge in [0.1, 0.15) is 5.82 Å². The molecule has 2 atom stereocenters. The highest BCUT2D eigenvalue weighted by molar-refractivity contribution is 14.0. The summed E-state index contributed by atoms with van der Waals surface area (Å²) in [6.07, 6.45) is 3.65. The summed E-state index contributed by atoms with van der Waals surface area (Å²) in [6.45, 7) is 6.21. The van der Waals surface area contributed by atoms with E-state index in [9.17, 15) is 5.11 Å². The highest BCUT2D eigenvalue weighted by atomic mass is 127. The first-order valence-electron chi connectivity index (χ1n) is 8.89. The van der Waals surface area contributed by atoms with E-state index in [2.05, 4.69) is 39.6 Å². The molecule has 0 aliphatic carbocycles. The number of aryl methyl sites for hydroxylation is 2. The Kier molecular flexibility index (Phi) is 7.81. The number of guanidine groups is 1. The lowest BCUT2D eigenvalue weighted by molar-refractivity contribution is 0.0778. The molecule has 0 saturated carbocycles. The third-order valence-electron chi connectivity index (χ3n) is 4.52. The smallest absolute Gasteiger partial charge is 0.191 e. The second kappa shape index (κ2) is 9.40. The number of rotatable bonds is 5. The zero-order valence-electron chi connectivity index (χ0n) is 15.0. The first-order chi connectivity index (χ1) is 11.6. The molecule has 3 rings (SSSR count). The number of aromatic nitrogens is 3. The van der Waals surface area contributed by atoms with Gasteiger partial charge in [-0.1, -0.05) is 6.92 Å². The van der Waals surface area contributed by atoms with E-state index in [4.69, 9.17) is 0 Å². The third kappa shape index (κ3) is 5.46. The minimum Gasteiger partial charge on any atom is -0.387 e. The fraction of sp³-hybridized carbons (Fsp3) is 0.812. The van der Waals surface area contributed by atoms with E-state index in [1.54, 1.807) is 11.8 Å². The van der Waals surface area contributed by atoms with Crippen molar-refractivity contribution < 1.29 is 5.11 Å². The number of aliphatic hydroxyl groups is 1. The summed E-state index contributed by atoms with van der Waals surface area (Å²) < 4.78 is 2.02. The van der Waals surface area contributed by atoms with Crippen LogP contribution in [0.4, 0.5) is 0 Å². The lowest BCUT2D eigenvalue weighted by Crippen LogP contribution is -2.48. The molecule has 9 heteroatoms. The van der Waals surface area contributed by atoms with E-state index in [0.29, 0.717) is 6.54 Å². The molecule has 7 nitrogen and oxygen atoms in total. The van der Waals surface area contributed by atoms with Crippen molar-refractivity contribution in [3.63, 3.8) is 0 Å². The van der Waals surface area contributed by atoms with Crippen molar-refractivity contribution in [1.29, 1.82) is 0 Å². The molecular formula is C16H29IN6OS. The predicted molar refractivity (Wildman–Crippen MR) is 113 cm³/mol. The average Bonchev–Trinajstić information content (AvgIpc) is 3.19. The minimum atomic E-state index is -0.644. The van der Waals surface area contributed by atoms with Crippen molar-refractivity contribution in [1.82, 2.24) is 25.4 Å². The van der Waals surface area contributed by atoms with Crippen molar-refractivity contribution in [2.75, 3.05) is 24.6 Å². The monoisotopic (exact) mass is 480 g/mol. The van der Waals surface area contributed by atoms with E-state index in [0.717, 1.165) is 67.9 Å². The third-order valence-corrected chi connectivity index (χ3v) is 5.75. The Hall–Kier alpha value is -0.550. The number of aliphatic imine (C=N–C) groups is 1. The molecule has 0 aromatic carbocycles. The van der Waals surface area contributed by atoms with Crippen LogP contribution in [0, 0.1) is 0 Å². The van der Waals surface area contributed by atoms with Gasteiger partial charge in [0.15, 0.2) is 11.8 Å². The molecule has 1 aromatic heterocycles. The molecular weight excluding hydrogens is 451 g/mol. The van der Waals surface area contributed by atoms with Gasteiger partial charge in [0.05, 0.1) is 18.7 Å². The van der Waals surface area contributed by atoms with Crippen LogP contribution in [-0.4, -0.2) is 62.1 Å². The maximum Gasteiger partial charge on any atom is 0.191 e. The van der Waals surface area contributed by atoms with Crippen LogP contribution in [0.3, 0.4) is 0 Å². The number of nitrogens with zero attached hydrogens (tertiary/aromatic N) is 4. The number of nitrogens with one attached hydrogen (secondary N) is 2. The van der Waals surface area contributed by atoms with E-state index in [1.807, 2.05) is 4.68 Å². The van der Waals surface area contributed by atoms with Gasteiger partial charge < -0.3 is 15.7 Å². The standard InChI is InChI=1S/C16H28N6OS.HI/c1-3-13-20-14-6-5-12(9-22(14)21-13)19-15(17-4-2)18-10-16(23)7-8-24-11-16;/h12,23H,3-11H2,1-2H3,(H2,17,18,19);1H. The molecule has 1 fully saturated rings. The summed E-state index contributed by atoms with van der Waals surface area (Å²) >= 11 is 1.80. The summed E-state index contributed by atoms with van der Waals surface area (Å²) in [4.78, 5) is 9.18. The molecule has 2 unspecified atom stereocenters. The zero-order chi connectivity index (χ0) is 17.0. The second-order valence-corrected chi connectivity index (χ2v) is 7.69. The van der Waals surface area contributed by atoms with Crippen LogP contribution in [-0.2, 0) is 19.4 Å². The summed E-state index contributed by atoms with van der Waals surface area (Å²) in [5, 5.41) is 21.8. The number of halogens is 1. The van der Waals surface area contributed by atoms with E-state index >= 15 is 0 Å². The highest BCUT2D eigenvalue weighted by Crippen LogP contribution is 2.27. The largest absolute Gasteiger partial charge is 0.387 e. The first-order valence-corrected chi connectivity index (χ1v) is 10.0. The quantitative estimate of drug-likeness (QED) is 0.334. The lowest BCUT2D eigenvalue weighted by Gasteiger charge is -2.26. The van der Waals surface area contributed by atoms with Gasteiger partial charge in [0, 0.05) is 31.2 Å². The summed E-state index contributed by atoms with van der Waals surface area (Å²) in [5.41, 5.74) is -0.644. The fourth-order valence-electron chi connectivity index (χ4n) is 3.09. The van der Waals surface area contributed by atoms with Crippen molar-refractivity contribution in [2.45, 2.75) is 57.7 Å². The van der Waals surface area contributed by atoms with Crippen LogP contribution in [0.2, 0.25) is 0 Å². The predicted octanol–water partition coefficient (Wildman–Crippen LogP) is 1.20. The van der Waals surface area contributed by atoms with Gasteiger partial charge in [-0.2, -0.15) is 16.9 Å². The van der Waals surface area contributed by atoms with Gasteiger partial charge in [-0.25, -0.2) is 9.67 Å². The summed E-state index contributed by atoms with van der Waals surface area (Å²) in [6, 6.07) is 0.286. The molecule has 3 N–H and O–H groups in total. The van der Waals surface area contributed by atoms with Crippen LogP contribution in [0.1, 0.15) is 38.3 Å². The summed E-state index contributed by atoms with van der Waals surface area (Å²) in [7, 11) is 0. The molecule has 2 aliphatic rings. The van der Waals surface area contributed by atoms with Crippen molar-refractivity contribution >= 4 is 41.7 Å². The molecule has 0 bridgehead atoms. The fourth-order valence-corrected chi connectivity index (χ4v) is 4.37. The minimum absolute atomic E-state index is 0. The molecule has 0 radical (unpaired) electrons. The second-order valence-electron chi connectivity index (χ2n) is 6.58. The topological polar surface area (TPSA) is 87.4 Å². The molecule has 3 heterocycles. The zero-order valence-corrected chi connectivity index (χ0v) is 18.1. The molecule has 25 heavy (non-hydrogen) atoms. The van der Waals surface area contributed by atoms with Gasteiger partial charge in [-0.15, -0.1) is 24.0 Å². The van der Waals surface area contributed by atoms with Crippen molar-refractivity contribution in [3.8, 4) is 0 Å². The van der Waals surface area contributed by atoms with Gasteiger partial charge in [-0.3, -0.25) is 4.99 Å². The Morgan fingerprint density at radius 2 is 2.32 bits per heavy atom. The normalized spacial score (nSPS) is 26.0. The van der Waals surface area contributed by atoms with Gasteiger partial charge in [0.2, 0.25) is 0 Å². The number of hydrogen-bond donors (Lipinski definition) is 3. The first kappa shape index (κ1) is 20.8. The average molecular weight is 480 g/mol. The lowest BCUT2D eigenvalue weighted by atomic mass is 10.0. The van der Waals surface area contributed by atoms with Crippen molar-refractivity contribution in [3.05, 3.63) is 11.6 Å². The maximum absolute atomic E-state index is 10.5. The van der Waals surface area contributed by atoms with E-state index in [1.165, 1.54) is 0 Å². The van der Waals surface area contributed by atoms with Gasteiger partial charge in [0.25, 0.3) is 0 Å². The Morgan fingerprint density at radius 3 is 3.00 bits per heavy atom. The Balaban J connectivity index is 0.00000225. The molecule has 142 valence electrons. The number of hydrogen-bond acceptors (Lipinski definition) is 5. The molecule has 1 aromatic rings. The van der Waals surface area contributed by atoms with Crippen molar-refractivity contribution in [2.24, 2.45) is 4.99 Å². The van der Waals surface area contributed by atoms with Crippen LogP contribution >= 0.6 is 35.7 Å². The molecule has 1 saturated heterocycles. The maximum atomic E-state index is 10.5. The molecule has 2 aliphatic heterocycles. The molecule has 0 spiro atoms. The van der Waals surface area contributed by atoms with Gasteiger partial charge in [-0.05, 0) is 25.5 Å².